The van der Waals surface area contributed by atoms with E-state index in [1.165, 1.54) is 7.11 Å². The summed E-state index contributed by atoms with van der Waals surface area (Å²) in [5.41, 5.74) is 1.28. The molecular weight excluding hydrogens is 248 g/mol. The molecule has 0 saturated heterocycles. The van der Waals surface area contributed by atoms with E-state index < -0.39 is 0 Å². The van der Waals surface area contributed by atoms with Crippen molar-refractivity contribution < 1.29 is 9.53 Å². The lowest BCUT2D eigenvalue weighted by Crippen LogP contribution is -2.19. The summed E-state index contributed by atoms with van der Waals surface area (Å²) >= 11 is 1.94. The summed E-state index contributed by atoms with van der Waals surface area (Å²) in [4.78, 5) is 15.7. The Morgan fingerprint density at radius 3 is 3.11 bits per heavy atom. The number of pyridine rings is 1. The average Bonchev–Trinajstić information content (AvgIpc) is 2.42. The van der Waals surface area contributed by atoms with E-state index in [2.05, 4.69) is 17.2 Å². The quantitative estimate of drug-likeness (QED) is 0.578. The minimum absolute atomic E-state index is 0.332. The molecule has 0 aliphatic rings. The van der Waals surface area contributed by atoms with Crippen LogP contribution in [-0.4, -0.2) is 36.1 Å². The standard InChI is InChI=1S/C13H20N2O2S/c1-3-18-9-5-7-14-10-12-11(13(16)17-2)6-4-8-15-12/h4,6,8,14H,3,5,7,9-10H2,1-2H3. The molecule has 18 heavy (non-hydrogen) atoms. The maximum absolute atomic E-state index is 11.5. The Kier molecular flexibility index (Phi) is 7.44. The molecule has 1 aromatic heterocycles. The van der Waals surface area contributed by atoms with Crippen LogP contribution in [0, 0.1) is 0 Å². The van der Waals surface area contributed by atoms with Crippen LogP contribution in [0.2, 0.25) is 0 Å². The first kappa shape index (κ1) is 15.0. The summed E-state index contributed by atoms with van der Waals surface area (Å²) in [6.45, 7) is 3.70. The maximum atomic E-state index is 11.5. The highest BCUT2D eigenvalue weighted by molar-refractivity contribution is 7.99. The number of rotatable bonds is 8. The van der Waals surface area contributed by atoms with E-state index in [4.69, 9.17) is 4.74 Å². The van der Waals surface area contributed by atoms with Crippen molar-refractivity contribution in [1.29, 1.82) is 0 Å². The van der Waals surface area contributed by atoms with E-state index in [9.17, 15) is 4.79 Å². The number of esters is 1. The maximum Gasteiger partial charge on any atom is 0.339 e. The van der Waals surface area contributed by atoms with E-state index in [-0.39, 0.29) is 5.97 Å². The lowest BCUT2D eigenvalue weighted by molar-refractivity contribution is 0.0598. The van der Waals surface area contributed by atoms with E-state index in [1.807, 2.05) is 11.8 Å². The molecule has 0 atom stereocenters. The molecule has 0 aromatic carbocycles. The number of hydrogen-bond donors (Lipinski definition) is 1. The average molecular weight is 268 g/mol. The Labute approximate surface area is 113 Å². The monoisotopic (exact) mass is 268 g/mol. The van der Waals surface area contributed by atoms with Crippen LogP contribution < -0.4 is 5.32 Å². The number of aromatic nitrogens is 1. The smallest absolute Gasteiger partial charge is 0.339 e. The molecule has 1 N–H and O–H groups in total. The Balaban J connectivity index is 2.39. The van der Waals surface area contributed by atoms with Gasteiger partial charge < -0.3 is 10.1 Å². The largest absolute Gasteiger partial charge is 0.465 e. The van der Waals surface area contributed by atoms with Crippen molar-refractivity contribution in [3.8, 4) is 0 Å². The lowest BCUT2D eigenvalue weighted by Gasteiger charge is -2.07. The van der Waals surface area contributed by atoms with Crippen molar-refractivity contribution in [2.45, 2.75) is 19.9 Å². The molecule has 0 unspecified atom stereocenters. The predicted octanol–water partition coefficient (Wildman–Crippen LogP) is 2.10. The van der Waals surface area contributed by atoms with Crippen molar-refractivity contribution in [1.82, 2.24) is 10.3 Å². The highest BCUT2D eigenvalue weighted by Crippen LogP contribution is 2.07. The third-order valence-electron chi connectivity index (χ3n) is 2.43. The third kappa shape index (κ3) is 5.06. The van der Waals surface area contributed by atoms with Crippen molar-refractivity contribution in [2.24, 2.45) is 0 Å². The van der Waals surface area contributed by atoms with Crippen LogP contribution in [0.1, 0.15) is 29.4 Å². The van der Waals surface area contributed by atoms with Gasteiger partial charge in [0, 0.05) is 12.7 Å². The van der Waals surface area contributed by atoms with Gasteiger partial charge in [0.2, 0.25) is 0 Å². The first-order chi connectivity index (χ1) is 8.79. The number of ether oxygens (including phenoxy) is 1. The fourth-order valence-corrected chi connectivity index (χ4v) is 2.16. The molecule has 4 nitrogen and oxygen atoms in total. The van der Waals surface area contributed by atoms with Gasteiger partial charge in [-0.05, 0) is 36.6 Å². The second-order valence-corrected chi connectivity index (χ2v) is 5.11. The topological polar surface area (TPSA) is 51.2 Å². The van der Waals surface area contributed by atoms with Gasteiger partial charge in [-0.2, -0.15) is 11.8 Å². The van der Waals surface area contributed by atoms with Gasteiger partial charge in [-0.3, -0.25) is 4.98 Å². The fourth-order valence-electron chi connectivity index (χ4n) is 1.53. The van der Waals surface area contributed by atoms with Gasteiger partial charge >= 0.3 is 5.97 Å². The summed E-state index contributed by atoms with van der Waals surface area (Å²) < 4.78 is 4.73. The van der Waals surface area contributed by atoms with Crippen molar-refractivity contribution >= 4 is 17.7 Å². The van der Waals surface area contributed by atoms with E-state index in [0.717, 1.165) is 30.2 Å². The number of nitrogens with zero attached hydrogens (tertiary/aromatic N) is 1. The summed E-state index contributed by atoms with van der Waals surface area (Å²) in [5, 5.41) is 3.30. The van der Waals surface area contributed by atoms with Gasteiger partial charge in [-0.25, -0.2) is 4.79 Å². The molecule has 0 radical (unpaired) electrons. The Morgan fingerprint density at radius 2 is 2.39 bits per heavy atom. The molecule has 0 bridgehead atoms. The first-order valence-corrected chi connectivity index (χ1v) is 7.25. The SMILES string of the molecule is CCSCCCNCc1ncccc1C(=O)OC. The second-order valence-electron chi connectivity index (χ2n) is 3.72. The van der Waals surface area contributed by atoms with Gasteiger partial charge in [0.15, 0.2) is 0 Å². The third-order valence-corrected chi connectivity index (χ3v) is 3.42. The van der Waals surface area contributed by atoms with Crippen molar-refractivity contribution in [3.63, 3.8) is 0 Å². The number of nitrogens with one attached hydrogen (secondary N) is 1. The zero-order valence-corrected chi connectivity index (χ0v) is 11.8. The zero-order chi connectivity index (χ0) is 13.2. The molecular formula is C13H20N2O2S. The summed E-state index contributed by atoms with van der Waals surface area (Å²) in [5.74, 6) is 1.99. The van der Waals surface area contributed by atoms with Gasteiger partial charge in [-0.15, -0.1) is 0 Å². The molecule has 0 saturated carbocycles. The molecule has 0 aliphatic heterocycles. The summed E-state index contributed by atoms with van der Waals surface area (Å²) in [7, 11) is 1.38. The number of thioether (sulfide) groups is 1. The highest BCUT2D eigenvalue weighted by atomic mass is 32.2. The second kappa shape index (κ2) is 8.94. The molecule has 0 fully saturated rings. The van der Waals surface area contributed by atoms with Crippen molar-refractivity contribution in [2.75, 3.05) is 25.2 Å². The van der Waals surface area contributed by atoms with Crippen LogP contribution in [-0.2, 0) is 11.3 Å². The number of carbonyl (C=O) groups is 1. The number of carbonyl (C=O) groups excluding carboxylic acids is 1. The van der Waals surface area contributed by atoms with Crippen LogP contribution in [0.4, 0.5) is 0 Å². The molecule has 0 amide bonds. The van der Waals surface area contributed by atoms with Crippen LogP contribution in [0.25, 0.3) is 0 Å². The number of hydrogen-bond acceptors (Lipinski definition) is 5. The van der Waals surface area contributed by atoms with Gasteiger partial charge in [-0.1, -0.05) is 6.92 Å². The zero-order valence-electron chi connectivity index (χ0n) is 10.9. The van der Waals surface area contributed by atoms with Gasteiger partial charge in [0.25, 0.3) is 0 Å². The first-order valence-electron chi connectivity index (χ1n) is 6.10. The van der Waals surface area contributed by atoms with Gasteiger partial charge in [0.05, 0.1) is 18.4 Å². The van der Waals surface area contributed by atoms with Gasteiger partial charge in [0.1, 0.15) is 0 Å². The lowest BCUT2D eigenvalue weighted by atomic mass is 10.2. The Morgan fingerprint density at radius 1 is 1.56 bits per heavy atom. The fraction of sp³-hybridized carbons (Fsp3) is 0.538. The number of methoxy groups -OCH3 is 1. The minimum atomic E-state index is -0.332. The minimum Gasteiger partial charge on any atom is -0.465 e. The predicted molar refractivity (Wildman–Crippen MR) is 74.9 cm³/mol. The molecule has 1 rings (SSSR count). The van der Waals surface area contributed by atoms with E-state index in [1.54, 1.807) is 18.3 Å². The molecule has 100 valence electrons. The van der Waals surface area contributed by atoms with Crippen LogP contribution in [0.3, 0.4) is 0 Å². The van der Waals surface area contributed by atoms with Crippen molar-refractivity contribution in [3.05, 3.63) is 29.6 Å². The summed E-state index contributed by atoms with van der Waals surface area (Å²) in [6, 6.07) is 3.48. The molecule has 0 aliphatic carbocycles. The molecule has 1 heterocycles. The van der Waals surface area contributed by atoms with E-state index in [0.29, 0.717) is 12.1 Å². The Bertz CT molecular complexity index is 372. The van der Waals surface area contributed by atoms with Crippen LogP contribution >= 0.6 is 11.8 Å². The molecule has 5 heteroatoms. The van der Waals surface area contributed by atoms with Crippen LogP contribution in [0.15, 0.2) is 18.3 Å². The van der Waals surface area contributed by atoms with E-state index >= 15 is 0 Å². The Hall–Kier alpha value is -1.07. The normalized spacial score (nSPS) is 10.3. The van der Waals surface area contributed by atoms with Crippen LogP contribution in [0.5, 0.6) is 0 Å². The summed E-state index contributed by atoms with van der Waals surface area (Å²) in [6.07, 6.45) is 2.81. The molecule has 1 aromatic rings. The highest BCUT2D eigenvalue weighted by Gasteiger charge is 2.11. The molecule has 0 spiro atoms.